The van der Waals surface area contributed by atoms with E-state index in [1.807, 2.05) is 32.9 Å². The van der Waals surface area contributed by atoms with E-state index in [2.05, 4.69) is 23.0 Å². The maximum absolute atomic E-state index is 11.9. The van der Waals surface area contributed by atoms with Gasteiger partial charge < -0.3 is 14.6 Å². The van der Waals surface area contributed by atoms with Crippen LogP contribution in [-0.2, 0) is 11.2 Å². The second-order valence-electron chi connectivity index (χ2n) is 6.36. The molecule has 0 radical (unpaired) electrons. The molecule has 0 fully saturated rings. The number of hydrogen-bond donors (Lipinski definition) is 1. The third kappa shape index (κ3) is 4.21. The third-order valence-corrected chi connectivity index (χ3v) is 3.08. The zero-order chi connectivity index (χ0) is 15.6. The minimum absolute atomic E-state index is 0.311. The number of carbonyl (C=O) groups is 1. The molecule has 21 heavy (non-hydrogen) atoms. The van der Waals surface area contributed by atoms with Gasteiger partial charge in [0.2, 0.25) is 0 Å². The summed E-state index contributed by atoms with van der Waals surface area (Å²) in [5, 5.41) is 0. The van der Waals surface area contributed by atoms with Gasteiger partial charge in [-0.15, -0.1) is 0 Å². The van der Waals surface area contributed by atoms with Crippen LogP contribution >= 0.6 is 0 Å². The Morgan fingerprint density at radius 2 is 2.10 bits per heavy atom. The summed E-state index contributed by atoms with van der Waals surface area (Å²) in [5.74, 6) is 0.881. The van der Waals surface area contributed by atoms with Crippen LogP contribution in [0.4, 0.5) is 4.79 Å². The van der Waals surface area contributed by atoms with Crippen LogP contribution in [0.25, 0.3) is 11.0 Å². The van der Waals surface area contributed by atoms with Crippen LogP contribution in [0.1, 0.15) is 32.2 Å². The number of aromatic nitrogens is 2. The van der Waals surface area contributed by atoms with Crippen molar-refractivity contribution >= 4 is 17.1 Å². The Kier molecular flexibility index (Phi) is 4.21. The number of nitrogens with one attached hydrogen (secondary N) is 1. The van der Waals surface area contributed by atoms with E-state index in [4.69, 9.17) is 4.74 Å². The molecule has 1 N–H and O–H groups in total. The average molecular weight is 289 g/mol. The van der Waals surface area contributed by atoms with E-state index in [9.17, 15) is 4.79 Å². The zero-order valence-corrected chi connectivity index (χ0v) is 13.4. The van der Waals surface area contributed by atoms with Gasteiger partial charge in [0, 0.05) is 20.0 Å². The lowest BCUT2D eigenvalue weighted by molar-refractivity contribution is 0.0300. The Balaban J connectivity index is 1.96. The van der Waals surface area contributed by atoms with Crippen molar-refractivity contribution < 1.29 is 9.53 Å². The predicted octanol–water partition coefficient (Wildman–Crippen LogP) is 3.28. The number of aromatic amines is 1. The first-order valence-corrected chi connectivity index (χ1v) is 7.14. The molecule has 5 nitrogen and oxygen atoms in total. The number of carbonyl (C=O) groups excluding carboxylic acids is 1. The number of amides is 1. The molecule has 5 heteroatoms. The lowest BCUT2D eigenvalue weighted by Gasteiger charge is -2.24. The average Bonchev–Trinajstić information content (AvgIpc) is 2.75. The van der Waals surface area contributed by atoms with Gasteiger partial charge in [0.15, 0.2) is 0 Å². The van der Waals surface area contributed by atoms with Gasteiger partial charge >= 0.3 is 6.09 Å². The molecule has 2 aromatic rings. The number of H-pyrrole nitrogens is 1. The molecule has 1 aromatic heterocycles. The number of nitrogens with zero attached hydrogens (tertiary/aromatic N) is 2. The van der Waals surface area contributed by atoms with E-state index in [0.29, 0.717) is 13.0 Å². The minimum atomic E-state index is -0.470. The number of aryl methyl sites for hydroxylation is 1. The Morgan fingerprint density at radius 1 is 1.38 bits per heavy atom. The lowest BCUT2D eigenvalue weighted by atomic mass is 10.2. The predicted molar refractivity (Wildman–Crippen MR) is 83.4 cm³/mol. The maximum atomic E-state index is 11.9. The van der Waals surface area contributed by atoms with Gasteiger partial charge in [-0.1, -0.05) is 6.07 Å². The molecule has 0 aliphatic heterocycles. The zero-order valence-electron chi connectivity index (χ0n) is 13.4. The molecule has 0 atom stereocenters. The topological polar surface area (TPSA) is 58.2 Å². The number of imidazole rings is 1. The highest BCUT2D eigenvalue weighted by Crippen LogP contribution is 2.14. The molecule has 1 aromatic carbocycles. The fraction of sp³-hybridized carbons (Fsp3) is 0.500. The van der Waals surface area contributed by atoms with Gasteiger partial charge in [0.05, 0.1) is 11.0 Å². The van der Waals surface area contributed by atoms with Crippen molar-refractivity contribution in [3.05, 3.63) is 29.6 Å². The van der Waals surface area contributed by atoms with Crippen molar-refractivity contribution in [3.63, 3.8) is 0 Å². The lowest BCUT2D eigenvalue weighted by Crippen LogP contribution is -2.35. The molecule has 0 aliphatic carbocycles. The number of likely N-dealkylation sites (N-methyl/N-ethyl adjacent to an activating group) is 1. The van der Waals surface area contributed by atoms with Crippen molar-refractivity contribution in [1.29, 1.82) is 0 Å². The summed E-state index contributed by atoms with van der Waals surface area (Å²) in [6.45, 7) is 8.20. The van der Waals surface area contributed by atoms with Crippen LogP contribution in [0, 0.1) is 6.92 Å². The normalized spacial score (nSPS) is 11.7. The maximum Gasteiger partial charge on any atom is 0.410 e. The van der Waals surface area contributed by atoms with Crippen molar-refractivity contribution in [3.8, 4) is 0 Å². The second kappa shape index (κ2) is 5.76. The molecule has 1 amide bonds. The first-order valence-electron chi connectivity index (χ1n) is 7.14. The molecule has 114 valence electrons. The van der Waals surface area contributed by atoms with Gasteiger partial charge in [-0.2, -0.15) is 0 Å². The first-order chi connectivity index (χ1) is 9.74. The highest BCUT2D eigenvalue weighted by Gasteiger charge is 2.19. The number of hydrogen-bond acceptors (Lipinski definition) is 3. The van der Waals surface area contributed by atoms with Crippen molar-refractivity contribution in [2.45, 2.75) is 39.7 Å². The first kappa shape index (κ1) is 15.4. The molecular formula is C16H23N3O2. The smallest absolute Gasteiger partial charge is 0.410 e. The Bertz CT molecular complexity index is 640. The van der Waals surface area contributed by atoms with Gasteiger partial charge in [0.25, 0.3) is 0 Å². The van der Waals surface area contributed by atoms with Crippen LogP contribution in [0.2, 0.25) is 0 Å². The monoisotopic (exact) mass is 289 g/mol. The second-order valence-corrected chi connectivity index (χ2v) is 6.36. The van der Waals surface area contributed by atoms with Crippen molar-refractivity contribution in [2.24, 2.45) is 0 Å². The Hall–Kier alpha value is -2.04. The van der Waals surface area contributed by atoms with Crippen LogP contribution in [-0.4, -0.2) is 40.2 Å². The molecule has 0 saturated carbocycles. The molecule has 0 aliphatic rings. The van der Waals surface area contributed by atoms with E-state index in [1.165, 1.54) is 5.56 Å². The molecule has 0 saturated heterocycles. The minimum Gasteiger partial charge on any atom is -0.444 e. The summed E-state index contributed by atoms with van der Waals surface area (Å²) in [6.07, 6.45) is 0.359. The third-order valence-electron chi connectivity index (χ3n) is 3.08. The van der Waals surface area contributed by atoms with Crippen molar-refractivity contribution in [1.82, 2.24) is 14.9 Å². The molecule has 1 heterocycles. The molecular weight excluding hydrogens is 266 g/mol. The van der Waals surface area contributed by atoms with Crippen LogP contribution in [0.3, 0.4) is 0 Å². The van der Waals surface area contributed by atoms with Gasteiger partial charge in [-0.25, -0.2) is 9.78 Å². The fourth-order valence-electron chi connectivity index (χ4n) is 2.00. The van der Waals surface area contributed by atoms with Crippen LogP contribution in [0.15, 0.2) is 18.2 Å². The summed E-state index contributed by atoms with van der Waals surface area (Å²) in [4.78, 5) is 21.3. The summed E-state index contributed by atoms with van der Waals surface area (Å²) in [6, 6.07) is 6.12. The van der Waals surface area contributed by atoms with E-state index >= 15 is 0 Å². The summed E-state index contributed by atoms with van der Waals surface area (Å²) in [7, 11) is 1.74. The van der Waals surface area contributed by atoms with Crippen molar-refractivity contribution in [2.75, 3.05) is 13.6 Å². The Labute approximate surface area is 125 Å². The number of benzene rings is 1. The highest BCUT2D eigenvalue weighted by atomic mass is 16.6. The van der Waals surface area contributed by atoms with E-state index in [1.54, 1.807) is 11.9 Å². The number of rotatable bonds is 3. The van der Waals surface area contributed by atoms with Gasteiger partial charge in [0.1, 0.15) is 11.4 Å². The SMILES string of the molecule is Cc1ccc2nc(CCN(C)C(=O)OC(C)(C)C)[nH]c2c1. The summed E-state index contributed by atoms with van der Waals surface area (Å²) < 4.78 is 5.32. The summed E-state index contributed by atoms with van der Waals surface area (Å²) in [5.41, 5.74) is 2.71. The largest absolute Gasteiger partial charge is 0.444 e. The quantitative estimate of drug-likeness (QED) is 0.943. The Morgan fingerprint density at radius 3 is 2.76 bits per heavy atom. The van der Waals surface area contributed by atoms with E-state index in [0.717, 1.165) is 16.9 Å². The van der Waals surface area contributed by atoms with Gasteiger partial charge in [-0.3, -0.25) is 0 Å². The molecule has 0 unspecified atom stereocenters. The molecule has 0 bridgehead atoms. The van der Waals surface area contributed by atoms with Crippen LogP contribution in [0.5, 0.6) is 0 Å². The summed E-state index contributed by atoms with van der Waals surface area (Å²) >= 11 is 0. The molecule has 2 rings (SSSR count). The number of ether oxygens (including phenoxy) is 1. The van der Waals surface area contributed by atoms with E-state index < -0.39 is 5.60 Å². The fourth-order valence-corrected chi connectivity index (χ4v) is 2.00. The highest BCUT2D eigenvalue weighted by molar-refractivity contribution is 5.75. The number of fused-ring (bicyclic) bond motifs is 1. The van der Waals surface area contributed by atoms with Crippen LogP contribution < -0.4 is 0 Å². The van der Waals surface area contributed by atoms with E-state index in [-0.39, 0.29) is 6.09 Å². The van der Waals surface area contributed by atoms with Gasteiger partial charge in [-0.05, 0) is 45.4 Å². The molecule has 0 spiro atoms. The standard InChI is InChI=1S/C16H23N3O2/c1-11-6-7-12-13(10-11)18-14(17-12)8-9-19(5)15(20)21-16(2,3)4/h6-7,10H,8-9H2,1-5H3,(H,17,18).